The number of hydrogen-bond acceptors (Lipinski definition) is 4. The van der Waals surface area contributed by atoms with E-state index < -0.39 is 0 Å². The Hall–Kier alpha value is -1.58. The van der Waals surface area contributed by atoms with Crippen LogP contribution in [0.3, 0.4) is 0 Å². The lowest BCUT2D eigenvalue weighted by Crippen LogP contribution is -2.19. The fraction of sp³-hybridized carbons (Fsp3) is 0.400. The molecule has 0 radical (unpaired) electrons. The fourth-order valence-electron chi connectivity index (χ4n) is 1.48. The molecule has 0 bridgehead atoms. The van der Waals surface area contributed by atoms with E-state index >= 15 is 0 Å². The van der Waals surface area contributed by atoms with Crippen LogP contribution in [-0.4, -0.2) is 17.7 Å². The number of carbonyl (C=O) groups is 1. The first-order valence-corrected chi connectivity index (χ1v) is 4.53. The van der Waals surface area contributed by atoms with E-state index in [0.717, 1.165) is 0 Å². The van der Waals surface area contributed by atoms with Gasteiger partial charge < -0.3 is 9.26 Å². The Labute approximate surface area is 81.5 Å². The van der Waals surface area contributed by atoms with E-state index in [2.05, 4.69) is 5.16 Å². The maximum atomic E-state index is 11.4. The largest absolute Gasteiger partial charge is 0.461 e. The van der Waals surface area contributed by atoms with Crippen molar-refractivity contribution in [3.05, 3.63) is 23.1 Å². The van der Waals surface area contributed by atoms with Gasteiger partial charge in [0.1, 0.15) is 17.9 Å². The van der Waals surface area contributed by atoms with E-state index in [-0.39, 0.29) is 11.9 Å². The Bertz CT molecular complexity index is 392. The third-order valence-corrected chi connectivity index (χ3v) is 2.19. The summed E-state index contributed by atoms with van der Waals surface area (Å²) in [4.78, 5) is 11.4. The van der Waals surface area contributed by atoms with Gasteiger partial charge in [-0.3, -0.25) is 0 Å². The summed E-state index contributed by atoms with van der Waals surface area (Å²) >= 11 is 0. The summed E-state index contributed by atoms with van der Waals surface area (Å²) in [6, 6.07) is 0. The van der Waals surface area contributed by atoms with Crippen LogP contribution < -0.4 is 0 Å². The van der Waals surface area contributed by atoms with Gasteiger partial charge in [0.25, 0.3) is 0 Å². The van der Waals surface area contributed by atoms with E-state index in [1.54, 1.807) is 6.08 Å². The van der Waals surface area contributed by atoms with Gasteiger partial charge >= 0.3 is 5.97 Å². The highest BCUT2D eigenvalue weighted by molar-refractivity contribution is 5.94. The number of fused-ring (bicyclic) bond motifs is 1. The van der Waals surface area contributed by atoms with Crippen LogP contribution >= 0.6 is 0 Å². The molecule has 0 amide bonds. The highest BCUT2D eigenvalue weighted by Crippen LogP contribution is 2.28. The Kier molecular flexibility index (Phi) is 2.11. The van der Waals surface area contributed by atoms with Crippen molar-refractivity contribution in [2.45, 2.75) is 19.8 Å². The minimum absolute atomic E-state index is 0.0919. The third-order valence-electron chi connectivity index (χ3n) is 2.19. The zero-order valence-corrected chi connectivity index (χ0v) is 8.11. The molecule has 1 aliphatic heterocycles. The first kappa shape index (κ1) is 8.99. The lowest BCUT2D eigenvalue weighted by molar-refractivity contribution is 0.0429. The molecule has 0 saturated carbocycles. The zero-order valence-electron chi connectivity index (χ0n) is 8.11. The summed E-state index contributed by atoms with van der Waals surface area (Å²) in [6.45, 7) is 4.17. The highest BCUT2D eigenvalue weighted by Gasteiger charge is 2.31. The molecule has 1 aromatic heterocycles. The van der Waals surface area contributed by atoms with Gasteiger partial charge in [-0.1, -0.05) is 18.2 Å². The zero-order chi connectivity index (χ0) is 10.1. The van der Waals surface area contributed by atoms with Crippen molar-refractivity contribution < 1.29 is 14.1 Å². The van der Waals surface area contributed by atoms with Crippen LogP contribution in [0.25, 0.3) is 6.08 Å². The number of esters is 1. The van der Waals surface area contributed by atoms with Gasteiger partial charge in [-0.2, -0.15) is 0 Å². The number of hydrogen-bond donors (Lipinski definition) is 0. The summed E-state index contributed by atoms with van der Waals surface area (Å²) in [5.41, 5.74) is 1.03. The average molecular weight is 193 g/mol. The topological polar surface area (TPSA) is 52.3 Å². The molecule has 1 aromatic rings. The van der Waals surface area contributed by atoms with Crippen molar-refractivity contribution >= 4 is 12.0 Å². The third kappa shape index (κ3) is 1.23. The second kappa shape index (κ2) is 3.29. The Morgan fingerprint density at radius 3 is 3.07 bits per heavy atom. The standard InChI is InChI=1S/C10H11NO3/c1-3-4-7-8-9(14-11-7)6(2)5-13-10(8)12/h3-4,6H,5H2,1-2H3/b4-3+. The van der Waals surface area contributed by atoms with Crippen molar-refractivity contribution in [2.75, 3.05) is 6.61 Å². The van der Waals surface area contributed by atoms with Crippen LogP contribution in [0.1, 0.15) is 41.6 Å². The number of cyclic esters (lactones) is 1. The molecule has 1 aliphatic rings. The van der Waals surface area contributed by atoms with Crippen molar-refractivity contribution in [3.63, 3.8) is 0 Å². The van der Waals surface area contributed by atoms with Crippen molar-refractivity contribution in [3.8, 4) is 0 Å². The van der Waals surface area contributed by atoms with Gasteiger partial charge in [-0.25, -0.2) is 4.79 Å². The molecule has 1 unspecified atom stereocenters. The molecular formula is C10H11NO3. The maximum absolute atomic E-state index is 11.4. The molecule has 1 atom stereocenters. The van der Waals surface area contributed by atoms with E-state index in [1.165, 1.54) is 0 Å². The van der Waals surface area contributed by atoms with Crippen molar-refractivity contribution in [1.29, 1.82) is 0 Å². The quantitative estimate of drug-likeness (QED) is 0.640. The minimum atomic E-state index is -0.340. The van der Waals surface area contributed by atoms with Gasteiger partial charge in [0, 0.05) is 0 Å². The molecule has 0 saturated heterocycles. The fourth-order valence-corrected chi connectivity index (χ4v) is 1.48. The molecule has 0 N–H and O–H groups in total. The second-order valence-electron chi connectivity index (χ2n) is 3.31. The molecule has 2 heterocycles. The predicted octanol–water partition coefficient (Wildman–Crippen LogP) is 1.98. The molecule has 4 heteroatoms. The number of nitrogens with zero attached hydrogens (tertiary/aromatic N) is 1. The van der Waals surface area contributed by atoms with Gasteiger partial charge in [-0.05, 0) is 13.0 Å². The summed E-state index contributed by atoms with van der Waals surface area (Å²) in [7, 11) is 0. The Morgan fingerprint density at radius 2 is 2.36 bits per heavy atom. The lowest BCUT2D eigenvalue weighted by Gasteiger charge is -2.15. The van der Waals surface area contributed by atoms with E-state index in [0.29, 0.717) is 23.6 Å². The second-order valence-corrected chi connectivity index (χ2v) is 3.31. The summed E-state index contributed by atoms with van der Waals surface area (Å²) < 4.78 is 10.1. The summed E-state index contributed by atoms with van der Waals surface area (Å²) in [6.07, 6.45) is 3.55. The smallest absolute Gasteiger partial charge is 0.344 e. The number of ether oxygens (including phenoxy) is 1. The van der Waals surface area contributed by atoms with Crippen LogP contribution in [-0.2, 0) is 4.74 Å². The molecule has 14 heavy (non-hydrogen) atoms. The van der Waals surface area contributed by atoms with Crippen LogP contribution in [0, 0.1) is 0 Å². The number of allylic oxidation sites excluding steroid dienone is 1. The monoisotopic (exact) mass is 193 g/mol. The Morgan fingerprint density at radius 1 is 1.57 bits per heavy atom. The van der Waals surface area contributed by atoms with E-state index in [1.807, 2.05) is 19.9 Å². The number of aromatic nitrogens is 1. The molecule has 2 rings (SSSR count). The first-order chi connectivity index (χ1) is 6.74. The number of rotatable bonds is 1. The molecule has 4 nitrogen and oxygen atoms in total. The molecule has 0 aliphatic carbocycles. The van der Waals surface area contributed by atoms with Crippen LogP contribution in [0.4, 0.5) is 0 Å². The summed E-state index contributed by atoms with van der Waals surface area (Å²) in [5, 5.41) is 3.83. The van der Waals surface area contributed by atoms with Gasteiger partial charge in [-0.15, -0.1) is 0 Å². The molecule has 74 valence electrons. The predicted molar refractivity (Wildman–Crippen MR) is 49.9 cm³/mol. The lowest BCUT2D eigenvalue weighted by atomic mass is 10.0. The van der Waals surface area contributed by atoms with Gasteiger partial charge in [0.15, 0.2) is 5.76 Å². The average Bonchev–Trinajstić information content (AvgIpc) is 2.58. The maximum Gasteiger partial charge on any atom is 0.344 e. The minimum Gasteiger partial charge on any atom is -0.461 e. The molecular weight excluding hydrogens is 182 g/mol. The highest BCUT2D eigenvalue weighted by atomic mass is 16.5. The van der Waals surface area contributed by atoms with Crippen molar-refractivity contribution in [2.24, 2.45) is 0 Å². The normalized spacial score (nSPS) is 21.0. The Balaban J connectivity index is 2.53. The van der Waals surface area contributed by atoms with Crippen molar-refractivity contribution in [1.82, 2.24) is 5.16 Å². The van der Waals surface area contributed by atoms with Gasteiger partial charge in [0.05, 0.1) is 5.92 Å². The van der Waals surface area contributed by atoms with Crippen LogP contribution in [0.15, 0.2) is 10.6 Å². The number of carbonyl (C=O) groups excluding carboxylic acids is 1. The van der Waals surface area contributed by atoms with E-state index in [4.69, 9.17) is 9.26 Å². The summed E-state index contributed by atoms with van der Waals surface area (Å²) in [5.74, 6) is 0.385. The van der Waals surface area contributed by atoms with Crippen LogP contribution in [0.2, 0.25) is 0 Å². The van der Waals surface area contributed by atoms with Crippen LogP contribution in [0.5, 0.6) is 0 Å². The molecule has 0 spiro atoms. The SMILES string of the molecule is C/C=C/c1noc2c1C(=O)OCC2C. The first-order valence-electron chi connectivity index (χ1n) is 4.53. The van der Waals surface area contributed by atoms with E-state index in [9.17, 15) is 4.79 Å². The molecule has 0 aromatic carbocycles. The molecule has 0 fully saturated rings. The van der Waals surface area contributed by atoms with Gasteiger partial charge in [0.2, 0.25) is 0 Å².